The fraction of sp³-hybridized carbons (Fsp3) is 0.556. The van der Waals surface area contributed by atoms with Crippen LogP contribution in [-0.2, 0) is 11.2 Å². The standard InChI is InChI=1S/C16H21BrClN3O3.C2H6/c1-8-5-11(18)21-13-12(17)10(23-14(8)13)6-9(7-19)20-15(22)24-16(2,3)4;1-2/h5,9H,6-7,19H2,1-4H3,(H,20,22);1-2H3. The van der Waals surface area contributed by atoms with Crippen molar-refractivity contribution in [2.75, 3.05) is 6.54 Å². The smallest absolute Gasteiger partial charge is 0.407 e. The molecule has 2 rings (SSSR count). The number of pyridine rings is 1. The number of hydrogen-bond acceptors (Lipinski definition) is 5. The number of nitrogens with two attached hydrogens (primary N) is 1. The molecule has 2 aromatic rings. The van der Waals surface area contributed by atoms with Crippen LogP contribution in [0.5, 0.6) is 0 Å². The number of carbonyl (C=O) groups excluding carboxylic acids is 1. The van der Waals surface area contributed by atoms with E-state index in [1.807, 2.05) is 20.8 Å². The van der Waals surface area contributed by atoms with Gasteiger partial charge in [0.2, 0.25) is 0 Å². The summed E-state index contributed by atoms with van der Waals surface area (Å²) >= 11 is 9.49. The minimum absolute atomic E-state index is 0.246. The third kappa shape index (κ3) is 6.14. The molecule has 146 valence electrons. The van der Waals surface area contributed by atoms with E-state index in [-0.39, 0.29) is 12.6 Å². The molecule has 0 saturated carbocycles. The maximum atomic E-state index is 11.9. The van der Waals surface area contributed by atoms with Crippen molar-refractivity contribution in [3.63, 3.8) is 0 Å². The minimum atomic E-state index is -0.568. The number of halogens is 2. The molecule has 0 aromatic carbocycles. The second kappa shape index (κ2) is 9.58. The van der Waals surface area contributed by atoms with E-state index in [1.54, 1.807) is 26.8 Å². The van der Waals surface area contributed by atoms with Crippen LogP contribution in [0.1, 0.15) is 45.9 Å². The van der Waals surface area contributed by atoms with Gasteiger partial charge in [-0.15, -0.1) is 0 Å². The average molecular weight is 449 g/mol. The summed E-state index contributed by atoms with van der Waals surface area (Å²) in [7, 11) is 0. The Bertz CT molecular complexity index is 756. The first-order chi connectivity index (χ1) is 12.1. The lowest BCUT2D eigenvalue weighted by atomic mass is 10.1. The Morgan fingerprint density at radius 3 is 2.62 bits per heavy atom. The predicted molar refractivity (Wildman–Crippen MR) is 109 cm³/mol. The molecular weight excluding hydrogens is 422 g/mol. The highest BCUT2D eigenvalue weighted by Gasteiger charge is 2.22. The van der Waals surface area contributed by atoms with Gasteiger partial charge in [0.1, 0.15) is 22.0 Å². The summed E-state index contributed by atoms with van der Waals surface area (Å²) < 4.78 is 11.9. The highest BCUT2D eigenvalue weighted by atomic mass is 79.9. The minimum Gasteiger partial charge on any atom is -0.458 e. The highest BCUT2D eigenvalue weighted by molar-refractivity contribution is 9.10. The zero-order chi connectivity index (χ0) is 20.1. The lowest BCUT2D eigenvalue weighted by Gasteiger charge is -2.22. The molecule has 0 aliphatic carbocycles. The number of carbonyl (C=O) groups is 1. The quantitative estimate of drug-likeness (QED) is 0.644. The predicted octanol–water partition coefficient (Wildman–Crippen LogP) is 4.97. The van der Waals surface area contributed by atoms with Gasteiger partial charge < -0.3 is 20.2 Å². The molecule has 0 aliphatic heterocycles. The Morgan fingerprint density at radius 1 is 1.46 bits per heavy atom. The van der Waals surface area contributed by atoms with Gasteiger partial charge >= 0.3 is 6.09 Å². The van der Waals surface area contributed by atoms with Crippen LogP contribution < -0.4 is 11.1 Å². The van der Waals surface area contributed by atoms with Crippen molar-refractivity contribution >= 4 is 44.7 Å². The molecule has 1 amide bonds. The maximum absolute atomic E-state index is 11.9. The molecule has 0 spiro atoms. The van der Waals surface area contributed by atoms with Crippen molar-refractivity contribution in [2.24, 2.45) is 5.73 Å². The maximum Gasteiger partial charge on any atom is 0.407 e. The number of aryl methyl sites for hydroxylation is 1. The third-order valence-electron chi connectivity index (χ3n) is 3.24. The number of hydrogen-bond donors (Lipinski definition) is 2. The van der Waals surface area contributed by atoms with Crippen LogP contribution in [0, 0.1) is 6.92 Å². The van der Waals surface area contributed by atoms with Gasteiger partial charge in [-0.2, -0.15) is 0 Å². The van der Waals surface area contributed by atoms with Crippen LogP contribution >= 0.6 is 27.5 Å². The summed E-state index contributed by atoms with van der Waals surface area (Å²) in [5, 5.41) is 3.15. The van der Waals surface area contributed by atoms with Gasteiger partial charge in [-0.3, -0.25) is 0 Å². The first-order valence-electron chi connectivity index (χ1n) is 8.54. The van der Waals surface area contributed by atoms with Crippen molar-refractivity contribution in [3.8, 4) is 0 Å². The molecular formula is C18H27BrClN3O3. The molecule has 2 aromatic heterocycles. The van der Waals surface area contributed by atoms with Gasteiger partial charge in [0.05, 0.1) is 10.5 Å². The lowest BCUT2D eigenvalue weighted by Crippen LogP contribution is -2.44. The third-order valence-corrected chi connectivity index (χ3v) is 4.25. The van der Waals surface area contributed by atoms with E-state index in [9.17, 15) is 4.79 Å². The largest absolute Gasteiger partial charge is 0.458 e. The summed E-state index contributed by atoms with van der Waals surface area (Å²) in [5.74, 6) is 0.648. The van der Waals surface area contributed by atoms with E-state index in [2.05, 4.69) is 26.2 Å². The second-order valence-corrected chi connectivity index (χ2v) is 7.74. The number of ether oxygens (including phenoxy) is 1. The van der Waals surface area contributed by atoms with E-state index in [0.717, 1.165) is 5.56 Å². The van der Waals surface area contributed by atoms with Gasteiger partial charge in [-0.1, -0.05) is 25.4 Å². The number of nitrogens with one attached hydrogen (secondary N) is 1. The Labute approximate surface area is 167 Å². The summed E-state index contributed by atoms with van der Waals surface area (Å²) in [6.07, 6.45) is -0.105. The van der Waals surface area contributed by atoms with Crippen molar-refractivity contribution in [2.45, 2.75) is 59.6 Å². The molecule has 3 N–H and O–H groups in total. The molecule has 2 heterocycles. The van der Waals surface area contributed by atoms with Crippen molar-refractivity contribution in [3.05, 3.63) is 27.0 Å². The number of amides is 1. The summed E-state index contributed by atoms with van der Waals surface area (Å²) in [4.78, 5) is 16.2. The summed E-state index contributed by atoms with van der Waals surface area (Å²) in [5.41, 5.74) is 7.41. The van der Waals surface area contributed by atoms with Crippen LogP contribution in [0.15, 0.2) is 15.0 Å². The molecule has 0 aliphatic rings. The number of furan rings is 1. The SMILES string of the molecule is CC.Cc1cc(Cl)nc2c(Br)c(CC(CN)NC(=O)OC(C)(C)C)oc12. The fourth-order valence-electron chi connectivity index (χ4n) is 2.22. The van der Waals surface area contributed by atoms with E-state index in [0.29, 0.717) is 32.9 Å². The number of aromatic nitrogens is 1. The van der Waals surface area contributed by atoms with Crippen LogP contribution in [0.25, 0.3) is 11.1 Å². The van der Waals surface area contributed by atoms with Gasteiger partial charge in [-0.25, -0.2) is 9.78 Å². The lowest BCUT2D eigenvalue weighted by molar-refractivity contribution is 0.0505. The molecule has 0 fully saturated rings. The van der Waals surface area contributed by atoms with Crippen molar-refractivity contribution in [1.29, 1.82) is 0 Å². The van der Waals surface area contributed by atoms with Gasteiger partial charge in [0, 0.05) is 13.0 Å². The number of alkyl carbamates (subject to hydrolysis) is 1. The van der Waals surface area contributed by atoms with Crippen LogP contribution in [0.2, 0.25) is 5.15 Å². The van der Waals surface area contributed by atoms with Crippen LogP contribution in [0.4, 0.5) is 4.79 Å². The van der Waals surface area contributed by atoms with Gasteiger partial charge in [0.15, 0.2) is 5.58 Å². The summed E-state index contributed by atoms with van der Waals surface area (Å²) in [6, 6.07) is 1.41. The Kier molecular flexibility index (Phi) is 8.37. The molecule has 0 bridgehead atoms. The van der Waals surface area contributed by atoms with Crippen molar-refractivity contribution < 1.29 is 13.9 Å². The highest BCUT2D eigenvalue weighted by Crippen LogP contribution is 2.33. The average Bonchev–Trinajstić information content (AvgIpc) is 2.84. The van der Waals surface area contributed by atoms with Gasteiger partial charge in [0.25, 0.3) is 0 Å². The molecule has 8 heteroatoms. The van der Waals surface area contributed by atoms with E-state index in [1.165, 1.54) is 0 Å². The Hall–Kier alpha value is -1.31. The monoisotopic (exact) mass is 447 g/mol. The van der Waals surface area contributed by atoms with E-state index < -0.39 is 11.7 Å². The molecule has 6 nitrogen and oxygen atoms in total. The molecule has 0 radical (unpaired) electrons. The first-order valence-corrected chi connectivity index (χ1v) is 9.71. The number of nitrogens with zero attached hydrogens (tertiary/aromatic N) is 1. The second-order valence-electron chi connectivity index (χ2n) is 6.56. The number of rotatable bonds is 4. The number of fused-ring (bicyclic) bond motifs is 1. The topological polar surface area (TPSA) is 90.4 Å². The summed E-state index contributed by atoms with van der Waals surface area (Å²) in [6.45, 7) is 11.6. The first kappa shape index (κ1) is 22.7. The van der Waals surface area contributed by atoms with E-state index in [4.69, 9.17) is 26.5 Å². The van der Waals surface area contributed by atoms with Crippen LogP contribution in [-0.4, -0.2) is 29.3 Å². The molecule has 26 heavy (non-hydrogen) atoms. The van der Waals surface area contributed by atoms with Crippen LogP contribution in [0.3, 0.4) is 0 Å². The Morgan fingerprint density at radius 2 is 2.08 bits per heavy atom. The molecule has 0 saturated heterocycles. The normalized spacial score (nSPS) is 12.3. The fourth-order valence-corrected chi connectivity index (χ4v) is 2.98. The molecule has 1 atom stereocenters. The van der Waals surface area contributed by atoms with E-state index >= 15 is 0 Å². The van der Waals surface area contributed by atoms with Gasteiger partial charge in [-0.05, 0) is 55.3 Å². The Balaban J connectivity index is 0.00000163. The zero-order valence-electron chi connectivity index (χ0n) is 16.1. The zero-order valence-corrected chi connectivity index (χ0v) is 18.4. The molecule has 1 unspecified atom stereocenters. The van der Waals surface area contributed by atoms with Crippen molar-refractivity contribution in [1.82, 2.24) is 10.3 Å².